The first-order chi connectivity index (χ1) is 9.65. The molecule has 0 aromatic heterocycles. The quantitative estimate of drug-likeness (QED) is 0.509. The summed E-state index contributed by atoms with van der Waals surface area (Å²) in [6, 6.07) is 8.71. The van der Waals surface area contributed by atoms with Crippen LogP contribution in [0.5, 0.6) is 0 Å². The van der Waals surface area contributed by atoms with Crippen LogP contribution in [0.25, 0.3) is 0 Å². The van der Waals surface area contributed by atoms with Gasteiger partial charge in [0.1, 0.15) is 0 Å². The molecule has 0 saturated heterocycles. The molecule has 0 unspecified atom stereocenters. The van der Waals surface area contributed by atoms with E-state index in [1.54, 1.807) is 6.21 Å². The molecule has 2 atom stereocenters. The Morgan fingerprint density at radius 2 is 1.95 bits per heavy atom. The Hall–Kier alpha value is -1.42. The molecular weight excluding hydrogens is 266 g/mol. The number of aryl methyl sites for hydroxylation is 1. The van der Waals surface area contributed by atoms with Gasteiger partial charge in [0.25, 0.3) is 0 Å². The standard InChI is InChI=1S/C16H23N3S/c1-12-7-9-14(10-8-12)11-17-19-16(20)18-15-6-4-3-5-13(15)2/h7-11,13,15H,3-6H2,1-2H3,(H2,18,19,20)/b17-11-/t13-,15+/m0/s1. The Balaban J connectivity index is 1.78. The zero-order valence-electron chi connectivity index (χ0n) is 12.2. The van der Waals surface area contributed by atoms with Crippen LogP contribution in [-0.2, 0) is 0 Å². The van der Waals surface area contributed by atoms with Crippen molar-refractivity contribution < 1.29 is 0 Å². The molecule has 4 heteroatoms. The fourth-order valence-corrected chi connectivity index (χ4v) is 2.75. The molecule has 20 heavy (non-hydrogen) atoms. The van der Waals surface area contributed by atoms with Crippen LogP contribution in [-0.4, -0.2) is 17.4 Å². The van der Waals surface area contributed by atoms with Crippen molar-refractivity contribution >= 4 is 23.5 Å². The summed E-state index contributed by atoms with van der Waals surface area (Å²) in [4.78, 5) is 0. The van der Waals surface area contributed by atoms with E-state index in [1.807, 2.05) is 12.1 Å². The lowest BCUT2D eigenvalue weighted by molar-refractivity contribution is 0.308. The molecule has 1 aliphatic carbocycles. The van der Waals surface area contributed by atoms with E-state index < -0.39 is 0 Å². The Morgan fingerprint density at radius 1 is 1.25 bits per heavy atom. The molecule has 1 fully saturated rings. The lowest BCUT2D eigenvalue weighted by atomic mass is 9.86. The second kappa shape index (κ2) is 7.39. The molecule has 0 bridgehead atoms. The van der Waals surface area contributed by atoms with E-state index in [-0.39, 0.29) is 0 Å². The van der Waals surface area contributed by atoms with Gasteiger partial charge in [0.2, 0.25) is 0 Å². The van der Waals surface area contributed by atoms with Crippen molar-refractivity contribution in [3.63, 3.8) is 0 Å². The van der Waals surface area contributed by atoms with Gasteiger partial charge in [-0.05, 0) is 43.5 Å². The summed E-state index contributed by atoms with van der Waals surface area (Å²) < 4.78 is 0. The largest absolute Gasteiger partial charge is 0.358 e. The van der Waals surface area contributed by atoms with Crippen LogP contribution in [0.3, 0.4) is 0 Å². The smallest absolute Gasteiger partial charge is 0.187 e. The highest BCUT2D eigenvalue weighted by molar-refractivity contribution is 7.80. The maximum atomic E-state index is 5.29. The van der Waals surface area contributed by atoms with Crippen molar-refractivity contribution in [2.24, 2.45) is 11.0 Å². The molecule has 0 aliphatic heterocycles. The number of hydrogen-bond donors (Lipinski definition) is 2. The lowest BCUT2D eigenvalue weighted by Gasteiger charge is -2.30. The highest BCUT2D eigenvalue weighted by Crippen LogP contribution is 2.23. The second-order valence-electron chi connectivity index (χ2n) is 5.62. The number of thiocarbonyl (C=S) groups is 1. The Labute approximate surface area is 126 Å². The van der Waals surface area contributed by atoms with Crippen molar-refractivity contribution in [1.82, 2.24) is 10.7 Å². The van der Waals surface area contributed by atoms with E-state index in [0.29, 0.717) is 17.1 Å². The van der Waals surface area contributed by atoms with Crippen LogP contribution < -0.4 is 10.7 Å². The molecule has 0 heterocycles. The van der Waals surface area contributed by atoms with Gasteiger partial charge in [-0.2, -0.15) is 5.10 Å². The van der Waals surface area contributed by atoms with Gasteiger partial charge < -0.3 is 5.32 Å². The summed E-state index contributed by atoms with van der Waals surface area (Å²) in [6.07, 6.45) is 6.90. The molecule has 1 aliphatic rings. The van der Waals surface area contributed by atoms with Gasteiger partial charge in [-0.1, -0.05) is 49.6 Å². The average molecular weight is 289 g/mol. The van der Waals surface area contributed by atoms with Gasteiger partial charge >= 0.3 is 0 Å². The van der Waals surface area contributed by atoms with Gasteiger partial charge in [-0.3, -0.25) is 5.43 Å². The number of nitrogens with one attached hydrogen (secondary N) is 2. The number of benzene rings is 1. The van der Waals surface area contributed by atoms with Crippen molar-refractivity contribution in [2.75, 3.05) is 0 Å². The number of nitrogens with zero attached hydrogens (tertiary/aromatic N) is 1. The first-order valence-corrected chi connectivity index (χ1v) is 7.72. The third-order valence-electron chi connectivity index (χ3n) is 3.89. The monoisotopic (exact) mass is 289 g/mol. The Bertz CT molecular complexity index is 467. The molecule has 1 saturated carbocycles. The molecular formula is C16H23N3S. The number of hydrazone groups is 1. The lowest BCUT2D eigenvalue weighted by Crippen LogP contribution is -2.44. The van der Waals surface area contributed by atoms with Crippen LogP contribution >= 0.6 is 12.2 Å². The minimum Gasteiger partial charge on any atom is -0.358 e. The van der Waals surface area contributed by atoms with Gasteiger partial charge in [0, 0.05) is 6.04 Å². The normalized spacial score (nSPS) is 22.7. The van der Waals surface area contributed by atoms with Crippen LogP contribution in [0, 0.1) is 12.8 Å². The molecule has 1 aromatic rings. The average Bonchev–Trinajstić information content (AvgIpc) is 2.44. The van der Waals surface area contributed by atoms with Gasteiger partial charge in [0.15, 0.2) is 5.11 Å². The minimum absolute atomic E-state index is 0.485. The van der Waals surface area contributed by atoms with E-state index in [4.69, 9.17) is 12.2 Å². The molecule has 0 spiro atoms. The second-order valence-corrected chi connectivity index (χ2v) is 6.03. The molecule has 0 amide bonds. The van der Waals surface area contributed by atoms with E-state index in [9.17, 15) is 0 Å². The highest BCUT2D eigenvalue weighted by Gasteiger charge is 2.21. The van der Waals surface area contributed by atoms with E-state index in [2.05, 4.69) is 41.8 Å². The SMILES string of the molecule is Cc1ccc(/C=N\NC(=S)N[C@@H]2CCCC[C@@H]2C)cc1. The molecule has 1 aromatic carbocycles. The van der Waals surface area contributed by atoms with Crippen molar-refractivity contribution in [3.05, 3.63) is 35.4 Å². The molecule has 3 nitrogen and oxygen atoms in total. The molecule has 0 radical (unpaired) electrons. The first kappa shape index (κ1) is 15.0. The summed E-state index contributed by atoms with van der Waals surface area (Å²) in [5.74, 6) is 0.685. The summed E-state index contributed by atoms with van der Waals surface area (Å²) in [7, 11) is 0. The zero-order chi connectivity index (χ0) is 14.4. The summed E-state index contributed by atoms with van der Waals surface area (Å²) in [5.41, 5.74) is 5.22. The van der Waals surface area contributed by atoms with Crippen LogP contribution in [0.1, 0.15) is 43.7 Å². The summed E-state index contributed by atoms with van der Waals surface area (Å²) >= 11 is 5.29. The van der Waals surface area contributed by atoms with Gasteiger partial charge in [-0.15, -0.1) is 0 Å². The van der Waals surface area contributed by atoms with E-state index in [0.717, 1.165) is 5.56 Å². The molecule has 2 N–H and O–H groups in total. The van der Waals surface area contributed by atoms with Gasteiger partial charge in [0.05, 0.1) is 6.21 Å². The maximum absolute atomic E-state index is 5.29. The van der Waals surface area contributed by atoms with Gasteiger partial charge in [-0.25, -0.2) is 0 Å². The van der Waals surface area contributed by atoms with Crippen molar-refractivity contribution in [1.29, 1.82) is 0 Å². The van der Waals surface area contributed by atoms with Crippen LogP contribution in [0.4, 0.5) is 0 Å². The molecule has 108 valence electrons. The van der Waals surface area contributed by atoms with Crippen LogP contribution in [0.15, 0.2) is 29.4 Å². The van der Waals surface area contributed by atoms with Crippen LogP contribution in [0.2, 0.25) is 0 Å². The molecule has 2 rings (SSSR count). The fourth-order valence-electron chi connectivity index (χ4n) is 2.55. The Kier molecular flexibility index (Phi) is 5.53. The topological polar surface area (TPSA) is 36.4 Å². The summed E-state index contributed by atoms with van der Waals surface area (Å²) in [6.45, 7) is 4.36. The predicted octanol–water partition coefficient (Wildman–Crippen LogP) is 3.37. The van der Waals surface area contributed by atoms with Crippen molar-refractivity contribution in [3.8, 4) is 0 Å². The van der Waals surface area contributed by atoms with E-state index in [1.165, 1.54) is 31.2 Å². The Morgan fingerprint density at radius 3 is 2.65 bits per heavy atom. The zero-order valence-corrected chi connectivity index (χ0v) is 13.0. The number of rotatable bonds is 3. The number of hydrogen-bond acceptors (Lipinski definition) is 2. The predicted molar refractivity (Wildman–Crippen MR) is 89.1 cm³/mol. The maximum Gasteiger partial charge on any atom is 0.187 e. The highest BCUT2D eigenvalue weighted by atomic mass is 32.1. The minimum atomic E-state index is 0.485. The summed E-state index contributed by atoms with van der Waals surface area (Å²) in [5, 5.41) is 8.17. The third-order valence-corrected chi connectivity index (χ3v) is 4.09. The van der Waals surface area contributed by atoms with E-state index >= 15 is 0 Å². The first-order valence-electron chi connectivity index (χ1n) is 7.31. The third kappa shape index (κ3) is 4.60. The van der Waals surface area contributed by atoms with Crippen molar-refractivity contribution in [2.45, 2.75) is 45.6 Å². The fraction of sp³-hybridized carbons (Fsp3) is 0.500.